The van der Waals surface area contributed by atoms with Gasteiger partial charge in [0.15, 0.2) is 5.82 Å². The van der Waals surface area contributed by atoms with Crippen LogP contribution in [0.1, 0.15) is 23.7 Å². The molecule has 8 heteroatoms. The Morgan fingerprint density at radius 3 is 2.41 bits per heavy atom. The summed E-state index contributed by atoms with van der Waals surface area (Å²) in [4.78, 5) is 18.1. The topological polar surface area (TPSA) is 59.2 Å². The van der Waals surface area contributed by atoms with Gasteiger partial charge in [0.05, 0.1) is 5.56 Å². The molecule has 0 aliphatic carbocycles. The van der Waals surface area contributed by atoms with Crippen LogP contribution in [-0.2, 0) is 11.0 Å². The van der Waals surface area contributed by atoms with Gasteiger partial charge in [-0.05, 0) is 36.4 Å². The Hall–Kier alpha value is -3.16. The van der Waals surface area contributed by atoms with E-state index >= 15 is 0 Å². The van der Waals surface area contributed by atoms with Crippen molar-refractivity contribution >= 4 is 11.6 Å². The summed E-state index contributed by atoms with van der Waals surface area (Å²) in [6.07, 6.45) is -4.23. The predicted molar refractivity (Wildman–Crippen MR) is 90.9 cm³/mol. The van der Waals surface area contributed by atoms with Gasteiger partial charge in [-0.15, -0.1) is 0 Å². The number of hydrogen-bond donors (Lipinski definition) is 0. The molecule has 1 aromatic heterocycles. The molecule has 1 amide bonds. The number of halogens is 3. The van der Waals surface area contributed by atoms with Crippen molar-refractivity contribution in [3.8, 4) is 11.5 Å². The van der Waals surface area contributed by atoms with Crippen LogP contribution in [0.4, 0.5) is 18.9 Å². The lowest BCUT2D eigenvalue weighted by Gasteiger charge is -2.17. The third kappa shape index (κ3) is 3.42. The number of carbonyl (C=O) groups is 1. The van der Waals surface area contributed by atoms with Gasteiger partial charge < -0.3 is 9.42 Å². The van der Waals surface area contributed by atoms with Gasteiger partial charge in [-0.2, -0.15) is 18.2 Å². The Balaban J connectivity index is 1.52. The first-order valence-corrected chi connectivity index (χ1v) is 8.28. The highest BCUT2D eigenvalue weighted by molar-refractivity contribution is 5.96. The standard InChI is InChI=1S/C19H14F3N3O2/c20-19(21,22)14-6-8-15(9-7-14)25-11-13(10-16(25)26)17-23-18(27-24-17)12-4-2-1-3-5-12/h1-9,13H,10-11H2. The van der Waals surface area contributed by atoms with Gasteiger partial charge in [-0.25, -0.2) is 0 Å². The molecule has 1 fully saturated rings. The normalized spacial score (nSPS) is 17.5. The minimum absolute atomic E-state index is 0.175. The number of amides is 1. The quantitative estimate of drug-likeness (QED) is 0.688. The smallest absolute Gasteiger partial charge is 0.334 e. The molecule has 27 heavy (non-hydrogen) atoms. The fourth-order valence-electron chi connectivity index (χ4n) is 3.06. The Morgan fingerprint density at radius 2 is 1.74 bits per heavy atom. The van der Waals surface area contributed by atoms with Crippen LogP contribution in [0, 0.1) is 0 Å². The van der Waals surface area contributed by atoms with Gasteiger partial charge in [0.25, 0.3) is 5.89 Å². The van der Waals surface area contributed by atoms with Crippen LogP contribution < -0.4 is 4.90 Å². The van der Waals surface area contributed by atoms with Crippen LogP contribution in [0.2, 0.25) is 0 Å². The largest absolute Gasteiger partial charge is 0.416 e. The maximum Gasteiger partial charge on any atom is 0.416 e. The fourth-order valence-corrected chi connectivity index (χ4v) is 3.06. The van der Waals surface area contributed by atoms with Gasteiger partial charge >= 0.3 is 6.18 Å². The average molecular weight is 373 g/mol. The molecule has 0 saturated carbocycles. The van der Waals surface area contributed by atoms with E-state index in [1.165, 1.54) is 17.0 Å². The second-order valence-electron chi connectivity index (χ2n) is 6.27. The number of alkyl halides is 3. The van der Waals surface area contributed by atoms with E-state index in [0.717, 1.165) is 17.7 Å². The van der Waals surface area contributed by atoms with Gasteiger partial charge in [0, 0.05) is 30.1 Å². The summed E-state index contributed by atoms with van der Waals surface area (Å²) in [5.74, 6) is 0.314. The Labute approximate surface area is 152 Å². The molecule has 1 unspecified atom stereocenters. The first-order chi connectivity index (χ1) is 12.9. The number of anilines is 1. The summed E-state index contributed by atoms with van der Waals surface area (Å²) >= 11 is 0. The summed E-state index contributed by atoms with van der Waals surface area (Å²) < 4.78 is 43.4. The lowest BCUT2D eigenvalue weighted by molar-refractivity contribution is -0.137. The van der Waals surface area contributed by atoms with E-state index in [4.69, 9.17) is 4.52 Å². The molecule has 0 bridgehead atoms. The minimum Gasteiger partial charge on any atom is -0.334 e. The van der Waals surface area contributed by atoms with E-state index in [1.807, 2.05) is 30.3 Å². The van der Waals surface area contributed by atoms with Crippen molar-refractivity contribution in [1.82, 2.24) is 10.1 Å². The zero-order valence-electron chi connectivity index (χ0n) is 14.0. The summed E-state index contributed by atoms with van der Waals surface area (Å²) in [6, 6.07) is 13.8. The van der Waals surface area contributed by atoms with Crippen molar-refractivity contribution in [3.05, 3.63) is 66.0 Å². The predicted octanol–water partition coefficient (Wildman–Crippen LogP) is 4.28. The maximum absolute atomic E-state index is 12.7. The van der Waals surface area contributed by atoms with Crippen molar-refractivity contribution in [3.63, 3.8) is 0 Å². The second-order valence-corrected chi connectivity index (χ2v) is 6.27. The van der Waals surface area contributed by atoms with Crippen molar-refractivity contribution in [2.24, 2.45) is 0 Å². The third-order valence-corrected chi connectivity index (χ3v) is 4.46. The SMILES string of the molecule is O=C1CC(c2noc(-c3ccccc3)n2)CN1c1ccc(C(F)(F)F)cc1. The number of carbonyl (C=O) groups excluding carboxylic acids is 1. The molecule has 3 aromatic rings. The summed E-state index contributed by atoms with van der Waals surface area (Å²) in [5, 5.41) is 3.97. The van der Waals surface area contributed by atoms with Gasteiger partial charge in [0.2, 0.25) is 5.91 Å². The van der Waals surface area contributed by atoms with Gasteiger partial charge in [0.1, 0.15) is 0 Å². The fraction of sp³-hybridized carbons (Fsp3) is 0.211. The number of hydrogen-bond acceptors (Lipinski definition) is 4. The molecule has 2 heterocycles. The zero-order valence-corrected chi connectivity index (χ0v) is 14.0. The van der Waals surface area contributed by atoms with E-state index < -0.39 is 11.7 Å². The molecule has 138 valence electrons. The molecule has 5 nitrogen and oxygen atoms in total. The van der Waals surface area contributed by atoms with Gasteiger partial charge in [-0.1, -0.05) is 23.4 Å². The van der Waals surface area contributed by atoms with Crippen LogP contribution in [0.5, 0.6) is 0 Å². The van der Waals surface area contributed by atoms with Crippen LogP contribution in [0.15, 0.2) is 59.1 Å². The molecular weight excluding hydrogens is 359 g/mol. The number of benzene rings is 2. The molecular formula is C19H14F3N3O2. The number of rotatable bonds is 3. The maximum atomic E-state index is 12.7. The Morgan fingerprint density at radius 1 is 1.04 bits per heavy atom. The summed E-state index contributed by atoms with van der Waals surface area (Å²) in [5.41, 5.74) is 0.447. The molecule has 1 saturated heterocycles. The van der Waals surface area contributed by atoms with E-state index in [1.54, 1.807) is 0 Å². The Kier molecular flexibility index (Phi) is 4.18. The van der Waals surface area contributed by atoms with Crippen molar-refractivity contribution in [1.29, 1.82) is 0 Å². The number of nitrogens with zero attached hydrogens (tertiary/aromatic N) is 3. The molecule has 4 rings (SSSR count). The highest BCUT2D eigenvalue weighted by Crippen LogP contribution is 2.34. The second kappa shape index (κ2) is 6.53. The molecule has 1 aliphatic heterocycles. The van der Waals surface area contributed by atoms with Gasteiger partial charge in [-0.3, -0.25) is 4.79 Å². The van der Waals surface area contributed by atoms with E-state index in [-0.39, 0.29) is 24.8 Å². The van der Waals surface area contributed by atoms with Crippen LogP contribution >= 0.6 is 0 Å². The lowest BCUT2D eigenvalue weighted by atomic mass is 10.1. The van der Waals surface area contributed by atoms with Crippen molar-refractivity contribution in [2.45, 2.75) is 18.5 Å². The molecule has 0 spiro atoms. The Bertz CT molecular complexity index is 952. The first kappa shape index (κ1) is 17.3. The van der Waals surface area contributed by atoms with Crippen LogP contribution in [-0.4, -0.2) is 22.6 Å². The van der Waals surface area contributed by atoms with Crippen molar-refractivity contribution in [2.75, 3.05) is 11.4 Å². The molecule has 2 aromatic carbocycles. The molecule has 1 aliphatic rings. The van der Waals surface area contributed by atoms with E-state index in [0.29, 0.717) is 17.4 Å². The lowest BCUT2D eigenvalue weighted by Crippen LogP contribution is -2.24. The minimum atomic E-state index is -4.41. The molecule has 1 atom stereocenters. The summed E-state index contributed by atoms with van der Waals surface area (Å²) in [6.45, 7) is 0.290. The highest BCUT2D eigenvalue weighted by atomic mass is 19.4. The summed E-state index contributed by atoms with van der Waals surface area (Å²) in [7, 11) is 0. The first-order valence-electron chi connectivity index (χ1n) is 8.28. The average Bonchev–Trinajstić information content (AvgIpc) is 3.29. The van der Waals surface area contributed by atoms with E-state index in [9.17, 15) is 18.0 Å². The van der Waals surface area contributed by atoms with Crippen LogP contribution in [0.25, 0.3) is 11.5 Å². The highest BCUT2D eigenvalue weighted by Gasteiger charge is 2.35. The zero-order chi connectivity index (χ0) is 19.0. The van der Waals surface area contributed by atoms with Crippen LogP contribution in [0.3, 0.4) is 0 Å². The monoisotopic (exact) mass is 373 g/mol. The van der Waals surface area contributed by atoms with E-state index in [2.05, 4.69) is 10.1 Å². The molecule has 0 N–H and O–H groups in total. The van der Waals surface area contributed by atoms with Crippen molar-refractivity contribution < 1.29 is 22.5 Å². The number of aromatic nitrogens is 2. The third-order valence-electron chi connectivity index (χ3n) is 4.46. The molecule has 0 radical (unpaired) electrons.